The molecule has 1 heteroatoms. The average molecular weight is 152 g/mol. The minimum Gasteiger partial charge on any atom is -0.295 e. The van der Waals surface area contributed by atoms with Crippen molar-refractivity contribution in [3.05, 3.63) is 12.2 Å². The molecule has 0 aromatic carbocycles. The van der Waals surface area contributed by atoms with Crippen molar-refractivity contribution in [2.24, 2.45) is 17.8 Å². The Kier molecular flexibility index (Phi) is 2.48. The summed E-state index contributed by atoms with van der Waals surface area (Å²) in [6, 6.07) is 0. The van der Waals surface area contributed by atoms with Gasteiger partial charge in [0.1, 0.15) is 0 Å². The van der Waals surface area contributed by atoms with Crippen LogP contribution in [0.3, 0.4) is 0 Å². The van der Waals surface area contributed by atoms with Gasteiger partial charge in [0.25, 0.3) is 0 Å². The van der Waals surface area contributed by atoms with Crippen LogP contribution in [0.25, 0.3) is 0 Å². The van der Waals surface area contributed by atoms with E-state index in [1.54, 1.807) is 6.08 Å². The third kappa shape index (κ3) is 1.92. The molecule has 0 bridgehead atoms. The van der Waals surface area contributed by atoms with Gasteiger partial charge in [0.2, 0.25) is 0 Å². The molecular formula is C10H16O. The first-order valence-electron chi connectivity index (χ1n) is 4.32. The van der Waals surface area contributed by atoms with Crippen molar-refractivity contribution >= 4 is 5.78 Å². The van der Waals surface area contributed by atoms with Gasteiger partial charge in [-0.3, -0.25) is 4.79 Å². The van der Waals surface area contributed by atoms with Crippen LogP contribution in [0.5, 0.6) is 0 Å². The Labute approximate surface area is 68.5 Å². The number of hydrogen-bond donors (Lipinski definition) is 0. The SMILES string of the molecule is CC(C)[C@H]1C=CC(=O)C[C@@H]1C. The number of allylic oxidation sites excluding steroid dienone is 2. The van der Waals surface area contributed by atoms with Gasteiger partial charge in [0, 0.05) is 6.42 Å². The van der Waals surface area contributed by atoms with Crippen molar-refractivity contribution in [3.8, 4) is 0 Å². The molecule has 0 amide bonds. The van der Waals surface area contributed by atoms with Crippen LogP contribution >= 0.6 is 0 Å². The molecule has 11 heavy (non-hydrogen) atoms. The highest BCUT2D eigenvalue weighted by Gasteiger charge is 2.23. The van der Waals surface area contributed by atoms with Crippen LogP contribution in [-0.4, -0.2) is 5.78 Å². The lowest BCUT2D eigenvalue weighted by molar-refractivity contribution is -0.116. The Morgan fingerprint density at radius 1 is 1.55 bits per heavy atom. The van der Waals surface area contributed by atoms with E-state index in [4.69, 9.17) is 0 Å². The third-order valence-electron chi connectivity index (χ3n) is 2.45. The molecule has 1 aliphatic carbocycles. The van der Waals surface area contributed by atoms with Gasteiger partial charge in [-0.05, 0) is 23.8 Å². The highest BCUT2D eigenvalue weighted by Crippen LogP contribution is 2.28. The van der Waals surface area contributed by atoms with E-state index in [2.05, 4.69) is 26.8 Å². The summed E-state index contributed by atoms with van der Waals surface area (Å²) in [6.07, 6.45) is 4.55. The predicted molar refractivity (Wildman–Crippen MR) is 46.3 cm³/mol. The van der Waals surface area contributed by atoms with Crippen molar-refractivity contribution < 1.29 is 4.79 Å². The number of hydrogen-bond acceptors (Lipinski definition) is 1. The Morgan fingerprint density at radius 2 is 2.18 bits per heavy atom. The van der Waals surface area contributed by atoms with E-state index in [9.17, 15) is 4.79 Å². The number of rotatable bonds is 1. The summed E-state index contributed by atoms with van der Waals surface area (Å²) >= 11 is 0. The Morgan fingerprint density at radius 3 is 2.64 bits per heavy atom. The monoisotopic (exact) mass is 152 g/mol. The maximum absolute atomic E-state index is 11.0. The minimum absolute atomic E-state index is 0.286. The smallest absolute Gasteiger partial charge is 0.155 e. The Bertz CT molecular complexity index is 179. The zero-order valence-corrected chi connectivity index (χ0v) is 7.50. The van der Waals surface area contributed by atoms with E-state index in [-0.39, 0.29) is 5.78 Å². The molecule has 0 aliphatic heterocycles. The van der Waals surface area contributed by atoms with E-state index in [0.717, 1.165) is 6.42 Å². The summed E-state index contributed by atoms with van der Waals surface area (Å²) in [5.41, 5.74) is 0. The molecule has 2 atom stereocenters. The zero-order valence-electron chi connectivity index (χ0n) is 7.50. The lowest BCUT2D eigenvalue weighted by atomic mass is 9.78. The molecule has 0 aromatic rings. The molecule has 0 saturated heterocycles. The fourth-order valence-electron chi connectivity index (χ4n) is 1.81. The van der Waals surface area contributed by atoms with Crippen LogP contribution in [0.4, 0.5) is 0 Å². The van der Waals surface area contributed by atoms with Gasteiger partial charge in [-0.25, -0.2) is 0 Å². The summed E-state index contributed by atoms with van der Waals surface area (Å²) in [6.45, 7) is 6.58. The second-order valence-corrected chi connectivity index (χ2v) is 3.83. The Balaban J connectivity index is 2.68. The molecule has 0 aromatic heterocycles. The van der Waals surface area contributed by atoms with Crippen molar-refractivity contribution in [2.45, 2.75) is 27.2 Å². The molecule has 0 unspecified atom stereocenters. The molecule has 1 aliphatic rings. The molecular weight excluding hydrogens is 136 g/mol. The maximum Gasteiger partial charge on any atom is 0.155 e. The van der Waals surface area contributed by atoms with Crippen LogP contribution in [-0.2, 0) is 4.79 Å². The van der Waals surface area contributed by atoms with Crippen LogP contribution < -0.4 is 0 Å². The number of carbonyl (C=O) groups excluding carboxylic acids is 1. The van der Waals surface area contributed by atoms with E-state index < -0.39 is 0 Å². The Hall–Kier alpha value is -0.590. The van der Waals surface area contributed by atoms with E-state index >= 15 is 0 Å². The number of ketones is 1. The number of carbonyl (C=O) groups is 1. The molecule has 0 saturated carbocycles. The summed E-state index contributed by atoms with van der Waals surface area (Å²) in [5.74, 6) is 2.09. The van der Waals surface area contributed by atoms with Crippen molar-refractivity contribution in [1.82, 2.24) is 0 Å². The molecule has 0 N–H and O–H groups in total. The molecule has 0 radical (unpaired) electrons. The minimum atomic E-state index is 0.286. The largest absolute Gasteiger partial charge is 0.295 e. The third-order valence-corrected chi connectivity index (χ3v) is 2.45. The molecule has 62 valence electrons. The first-order chi connectivity index (χ1) is 5.11. The van der Waals surface area contributed by atoms with Crippen molar-refractivity contribution in [2.75, 3.05) is 0 Å². The normalized spacial score (nSPS) is 31.5. The molecule has 0 spiro atoms. The van der Waals surface area contributed by atoms with Crippen LogP contribution in [0.2, 0.25) is 0 Å². The second-order valence-electron chi connectivity index (χ2n) is 3.83. The van der Waals surface area contributed by atoms with E-state index in [0.29, 0.717) is 17.8 Å². The molecule has 1 rings (SSSR count). The standard InChI is InChI=1S/C10H16O/c1-7(2)10-5-4-9(11)6-8(10)3/h4-5,7-8,10H,6H2,1-3H3/t8-,10+/m0/s1. The summed E-state index contributed by atoms with van der Waals surface area (Å²) in [4.78, 5) is 11.0. The fraction of sp³-hybridized carbons (Fsp3) is 0.700. The van der Waals surface area contributed by atoms with Gasteiger partial charge in [0.15, 0.2) is 5.78 Å². The highest BCUT2D eigenvalue weighted by molar-refractivity contribution is 5.90. The van der Waals surface area contributed by atoms with Gasteiger partial charge in [-0.1, -0.05) is 26.8 Å². The van der Waals surface area contributed by atoms with Crippen molar-refractivity contribution in [1.29, 1.82) is 0 Å². The second kappa shape index (κ2) is 3.21. The predicted octanol–water partition coefficient (Wildman–Crippen LogP) is 2.42. The van der Waals surface area contributed by atoms with Gasteiger partial charge < -0.3 is 0 Å². The average Bonchev–Trinajstić information content (AvgIpc) is 1.85. The molecule has 1 nitrogen and oxygen atoms in total. The van der Waals surface area contributed by atoms with Gasteiger partial charge >= 0.3 is 0 Å². The lowest BCUT2D eigenvalue weighted by Gasteiger charge is -2.26. The van der Waals surface area contributed by atoms with Gasteiger partial charge in [-0.15, -0.1) is 0 Å². The molecule has 0 heterocycles. The lowest BCUT2D eigenvalue weighted by Crippen LogP contribution is -2.22. The summed E-state index contributed by atoms with van der Waals surface area (Å²) < 4.78 is 0. The maximum atomic E-state index is 11.0. The highest BCUT2D eigenvalue weighted by atomic mass is 16.1. The van der Waals surface area contributed by atoms with Crippen LogP contribution in [0.1, 0.15) is 27.2 Å². The van der Waals surface area contributed by atoms with Gasteiger partial charge in [0.05, 0.1) is 0 Å². The zero-order chi connectivity index (χ0) is 8.43. The van der Waals surface area contributed by atoms with Gasteiger partial charge in [-0.2, -0.15) is 0 Å². The van der Waals surface area contributed by atoms with Crippen LogP contribution in [0.15, 0.2) is 12.2 Å². The summed E-state index contributed by atoms with van der Waals surface area (Å²) in [7, 11) is 0. The van der Waals surface area contributed by atoms with Crippen LogP contribution in [0, 0.1) is 17.8 Å². The van der Waals surface area contributed by atoms with Crippen molar-refractivity contribution in [3.63, 3.8) is 0 Å². The fourth-order valence-corrected chi connectivity index (χ4v) is 1.81. The van der Waals surface area contributed by atoms with E-state index in [1.165, 1.54) is 0 Å². The first kappa shape index (κ1) is 8.51. The molecule has 0 fully saturated rings. The quantitative estimate of drug-likeness (QED) is 0.564. The van der Waals surface area contributed by atoms with E-state index in [1.807, 2.05) is 0 Å². The first-order valence-corrected chi connectivity index (χ1v) is 4.32. The summed E-state index contributed by atoms with van der Waals surface area (Å²) in [5, 5.41) is 0. The topological polar surface area (TPSA) is 17.1 Å².